The van der Waals surface area contributed by atoms with Gasteiger partial charge >= 0.3 is 0 Å². The summed E-state index contributed by atoms with van der Waals surface area (Å²) in [5.74, 6) is 0. The average Bonchev–Trinajstić information content (AvgIpc) is 3.77. The highest BCUT2D eigenvalue weighted by Crippen LogP contribution is 2.44. The van der Waals surface area contributed by atoms with Crippen LogP contribution in [0.2, 0.25) is 0 Å². The van der Waals surface area contributed by atoms with E-state index in [0.717, 1.165) is 39.0 Å². The third kappa shape index (κ3) is 3.89. The molecule has 0 spiro atoms. The Morgan fingerprint density at radius 3 is 2.00 bits per heavy atom. The molecule has 3 aromatic heterocycles. The maximum Gasteiger partial charge on any atom is 0.159 e. The first-order valence-electron chi connectivity index (χ1n) is 14.8. The van der Waals surface area contributed by atoms with Gasteiger partial charge < -0.3 is 13.9 Å². The van der Waals surface area contributed by atoms with Crippen LogP contribution in [0.5, 0.6) is 0 Å². The van der Waals surface area contributed by atoms with Crippen LogP contribution in [0, 0.1) is 0 Å². The first kappa shape index (κ1) is 25.0. The van der Waals surface area contributed by atoms with Crippen LogP contribution in [0.4, 0.5) is 17.1 Å². The van der Waals surface area contributed by atoms with Gasteiger partial charge in [-0.3, -0.25) is 0 Å². The Labute approximate surface area is 258 Å². The van der Waals surface area contributed by atoms with Gasteiger partial charge in [-0.2, -0.15) is 0 Å². The molecule has 0 aliphatic heterocycles. The van der Waals surface area contributed by atoms with E-state index in [1.54, 1.807) is 0 Å². The maximum atomic E-state index is 6.47. The van der Waals surface area contributed by atoms with Crippen LogP contribution in [-0.2, 0) is 0 Å². The number of thiophene rings is 1. The van der Waals surface area contributed by atoms with Crippen molar-refractivity contribution in [1.82, 2.24) is 4.57 Å². The second kappa shape index (κ2) is 10.0. The summed E-state index contributed by atoms with van der Waals surface area (Å²) < 4.78 is 10.2. The second-order valence-electron chi connectivity index (χ2n) is 11.0. The van der Waals surface area contributed by atoms with Crippen molar-refractivity contribution in [2.45, 2.75) is 0 Å². The lowest BCUT2D eigenvalue weighted by atomic mass is 10.1. The monoisotopic (exact) mass is 582 g/mol. The number of fused-ring (bicyclic) bond motifs is 6. The molecule has 0 radical (unpaired) electrons. The Morgan fingerprint density at radius 2 is 1.18 bits per heavy atom. The van der Waals surface area contributed by atoms with E-state index in [0.29, 0.717) is 0 Å². The lowest BCUT2D eigenvalue weighted by Crippen LogP contribution is -2.10. The molecule has 4 heteroatoms. The molecule has 0 atom stereocenters. The van der Waals surface area contributed by atoms with Crippen LogP contribution in [-0.4, -0.2) is 4.57 Å². The van der Waals surface area contributed by atoms with Gasteiger partial charge in [-0.25, -0.2) is 0 Å². The van der Waals surface area contributed by atoms with E-state index in [1.165, 1.54) is 37.2 Å². The van der Waals surface area contributed by atoms with Crippen molar-refractivity contribution in [3.63, 3.8) is 0 Å². The highest BCUT2D eigenvalue weighted by molar-refractivity contribution is 7.23. The lowest BCUT2D eigenvalue weighted by Gasteiger charge is -2.25. The van der Waals surface area contributed by atoms with Crippen LogP contribution in [0.3, 0.4) is 0 Å². The molecule has 0 N–H and O–H groups in total. The largest absolute Gasteiger partial charge is 0.454 e. The van der Waals surface area contributed by atoms with Crippen LogP contribution >= 0.6 is 11.3 Å². The highest BCUT2D eigenvalue weighted by Gasteiger charge is 2.20. The zero-order chi connectivity index (χ0) is 29.0. The molecule has 9 aromatic rings. The predicted molar refractivity (Wildman–Crippen MR) is 186 cm³/mol. The third-order valence-corrected chi connectivity index (χ3v) is 9.61. The summed E-state index contributed by atoms with van der Waals surface area (Å²) >= 11 is 1.86. The van der Waals surface area contributed by atoms with Crippen molar-refractivity contribution in [2.24, 2.45) is 0 Å². The Morgan fingerprint density at radius 1 is 0.523 bits per heavy atom. The van der Waals surface area contributed by atoms with Gasteiger partial charge in [-0.05, 0) is 66.2 Å². The van der Waals surface area contributed by atoms with Crippen molar-refractivity contribution in [2.75, 3.05) is 4.90 Å². The third-order valence-electron chi connectivity index (χ3n) is 8.41. The average molecular weight is 583 g/mol. The van der Waals surface area contributed by atoms with Crippen molar-refractivity contribution >= 4 is 71.5 Å². The number of hydrogen-bond donors (Lipinski definition) is 0. The quantitative estimate of drug-likeness (QED) is 0.201. The fraction of sp³-hybridized carbons (Fsp3) is 0. The number of nitrogens with zero attached hydrogens (tertiary/aromatic N) is 2. The van der Waals surface area contributed by atoms with Gasteiger partial charge in [0.05, 0.1) is 21.4 Å². The summed E-state index contributed by atoms with van der Waals surface area (Å²) in [7, 11) is 0. The highest BCUT2D eigenvalue weighted by atomic mass is 32.1. The van der Waals surface area contributed by atoms with Gasteiger partial charge in [0.15, 0.2) is 5.58 Å². The number of furan rings is 1. The van der Waals surface area contributed by atoms with Crippen LogP contribution in [0.25, 0.3) is 59.2 Å². The molecule has 0 aliphatic carbocycles. The van der Waals surface area contributed by atoms with Gasteiger partial charge in [0.2, 0.25) is 0 Å². The molecule has 0 saturated heterocycles. The number of para-hydroxylation sites is 5. The maximum absolute atomic E-state index is 6.47. The molecule has 44 heavy (non-hydrogen) atoms. The number of hydrogen-bond acceptors (Lipinski definition) is 3. The molecule has 6 aromatic carbocycles. The van der Waals surface area contributed by atoms with Crippen molar-refractivity contribution in [1.29, 1.82) is 0 Å². The lowest BCUT2D eigenvalue weighted by molar-refractivity contribution is 0.669. The van der Waals surface area contributed by atoms with Crippen molar-refractivity contribution in [3.8, 4) is 16.1 Å². The standard InChI is InChI=1S/C40H26N2OS/c1-3-12-28(13-4-1)41(35-20-11-18-32-31-16-8-10-21-37(31)43-39(32)35)30-24-22-27(23-25-30)38-26-36-40(44-38)33-17-7-9-19-34(33)42(36)29-14-5-2-6-15-29/h1-26H. The Balaban J connectivity index is 1.18. The zero-order valence-electron chi connectivity index (χ0n) is 23.7. The summed E-state index contributed by atoms with van der Waals surface area (Å²) in [4.78, 5) is 3.54. The van der Waals surface area contributed by atoms with Gasteiger partial charge in [0.1, 0.15) is 5.58 Å². The summed E-state index contributed by atoms with van der Waals surface area (Å²) in [5, 5.41) is 3.53. The minimum Gasteiger partial charge on any atom is -0.454 e. The molecule has 0 saturated carbocycles. The summed E-state index contributed by atoms with van der Waals surface area (Å²) in [5.41, 5.74) is 9.81. The molecule has 0 amide bonds. The van der Waals surface area contributed by atoms with E-state index >= 15 is 0 Å². The molecular formula is C40H26N2OS. The fourth-order valence-corrected chi connectivity index (χ4v) is 7.60. The Kier molecular flexibility index (Phi) is 5.68. The SMILES string of the molecule is c1ccc(N(c2ccc(-c3cc4c(s3)c3ccccc3n4-c3ccccc3)cc2)c2cccc3c2oc2ccccc23)cc1. The van der Waals surface area contributed by atoms with Gasteiger partial charge in [-0.15, -0.1) is 11.3 Å². The first-order chi connectivity index (χ1) is 21.8. The molecule has 0 bridgehead atoms. The number of benzene rings is 6. The minimum atomic E-state index is 0.885. The number of rotatable bonds is 5. The fourth-order valence-electron chi connectivity index (χ4n) is 6.42. The second-order valence-corrected chi connectivity index (χ2v) is 12.0. The molecule has 0 unspecified atom stereocenters. The zero-order valence-corrected chi connectivity index (χ0v) is 24.5. The van der Waals surface area contributed by atoms with Gasteiger partial charge in [0, 0.05) is 38.1 Å². The van der Waals surface area contributed by atoms with E-state index in [9.17, 15) is 0 Å². The van der Waals surface area contributed by atoms with Crippen molar-refractivity contribution < 1.29 is 4.42 Å². The number of aromatic nitrogens is 1. The van der Waals surface area contributed by atoms with E-state index in [-0.39, 0.29) is 0 Å². The molecule has 0 fully saturated rings. The van der Waals surface area contributed by atoms with Gasteiger partial charge in [-0.1, -0.05) is 97.1 Å². The number of anilines is 3. The van der Waals surface area contributed by atoms with E-state index < -0.39 is 0 Å². The minimum absolute atomic E-state index is 0.885. The summed E-state index contributed by atoms with van der Waals surface area (Å²) in [6.45, 7) is 0. The molecule has 208 valence electrons. The molecule has 3 heterocycles. The Bertz CT molecular complexity index is 2430. The molecule has 9 rings (SSSR count). The topological polar surface area (TPSA) is 21.3 Å². The predicted octanol–water partition coefficient (Wildman–Crippen LogP) is 11.9. The molecule has 3 nitrogen and oxygen atoms in total. The van der Waals surface area contributed by atoms with Crippen molar-refractivity contribution in [3.05, 3.63) is 158 Å². The molecular weight excluding hydrogens is 557 g/mol. The normalized spacial score (nSPS) is 11.6. The van der Waals surface area contributed by atoms with E-state index in [4.69, 9.17) is 4.42 Å². The van der Waals surface area contributed by atoms with E-state index in [1.807, 2.05) is 23.5 Å². The molecule has 0 aliphatic rings. The van der Waals surface area contributed by atoms with Crippen LogP contribution < -0.4 is 4.90 Å². The summed E-state index contributed by atoms with van der Waals surface area (Å²) in [6, 6.07) is 55.8. The van der Waals surface area contributed by atoms with Crippen LogP contribution in [0.1, 0.15) is 0 Å². The first-order valence-corrected chi connectivity index (χ1v) is 15.6. The van der Waals surface area contributed by atoms with Gasteiger partial charge in [0.25, 0.3) is 0 Å². The smallest absolute Gasteiger partial charge is 0.159 e. The summed E-state index contributed by atoms with van der Waals surface area (Å²) in [6.07, 6.45) is 0. The Hall–Kier alpha value is -5.58. The van der Waals surface area contributed by atoms with Crippen LogP contribution in [0.15, 0.2) is 162 Å². The van der Waals surface area contributed by atoms with E-state index in [2.05, 4.69) is 155 Å².